The lowest BCUT2D eigenvalue weighted by molar-refractivity contribution is 0.104. The van der Waals surface area contributed by atoms with Gasteiger partial charge >= 0.3 is 0 Å². The summed E-state index contributed by atoms with van der Waals surface area (Å²) in [6.45, 7) is 6.01. The molecule has 0 bridgehead atoms. The number of allylic oxidation sites excluding steroid dienone is 1. The van der Waals surface area contributed by atoms with E-state index in [1.54, 1.807) is 24.3 Å². The van der Waals surface area contributed by atoms with Crippen molar-refractivity contribution < 1.29 is 9.90 Å². The molecule has 104 valence electrons. The summed E-state index contributed by atoms with van der Waals surface area (Å²) in [6, 6.07) is 14.4. The average molecular weight is 268 g/mol. The fourth-order valence-corrected chi connectivity index (χ4v) is 1.62. The molecule has 2 rings (SSSR count). The van der Waals surface area contributed by atoms with Crippen LogP contribution in [-0.2, 0) is 0 Å². The van der Waals surface area contributed by atoms with Crippen LogP contribution in [0.15, 0.2) is 54.6 Å². The molecule has 0 aromatic heterocycles. The van der Waals surface area contributed by atoms with Crippen LogP contribution in [0.5, 0.6) is 5.75 Å². The average Bonchev–Trinajstić information content (AvgIpc) is 2.49. The first kappa shape index (κ1) is 15.7. The minimum absolute atomic E-state index is 0.0102. The van der Waals surface area contributed by atoms with E-state index < -0.39 is 0 Å². The van der Waals surface area contributed by atoms with E-state index in [1.165, 1.54) is 17.7 Å². The maximum atomic E-state index is 11.9. The Morgan fingerprint density at radius 3 is 2.20 bits per heavy atom. The Morgan fingerprint density at radius 1 is 1.00 bits per heavy atom. The van der Waals surface area contributed by atoms with E-state index >= 15 is 0 Å². The van der Waals surface area contributed by atoms with Crippen molar-refractivity contribution in [3.05, 3.63) is 71.3 Å². The third-order valence-corrected chi connectivity index (χ3v) is 2.67. The fourth-order valence-electron chi connectivity index (χ4n) is 1.62. The normalized spacial score (nSPS) is 9.95. The number of phenolic OH excluding ortho intramolecular Hbond substituents is 1. The Balaban J connectivity index is 0.000000956. The van der Waals surface area contributed by atoms with Crippen LogP contribution >= 0.6 is 0 Å². The summed E-state index contributed by atoms with van der Waals surface area (Å²) in [5.41, 5.74) is 2.46. The SMILES string of the molecule is CC.Cc1ccc(/C=C/C(=O)c2ccccc2O)cc1. The van der Waals surface area contributed by atoms with E-state index in [2.05, 4.69) is 0 Å². The zero-order valence-electron chi connectivity index (χ0n) is 12.1. The van der Waals surface area contributed by atoms with Crippen molar-refractivity contribution in [2.75, 3.05) is 0 Å². The van der Waals surface area contributed by atoms with Crippen LogP contribution in [0.25, 0.3) is 6.08 Å². The predicted molar refractivity (Wildman–Crippen MR) is 84.0 cm³/mol. The molecule has 0 unspecified atom stereocenters. The molecule has 0 saturated heterocycles. The Bertz CT molecular complexity index is 581. The Hall–Kier alpha value is -2.35. The second-order valence-corrected chi connectivity index (χ2v) is 4.13. The van der Waals surface area contributed by atoms with Crippen LogP contribution in [-0.4, -0.2) is 10.9 Å². The first-order chi connectivity index (χ1) is 9.66. The first-order valence-electron chi connectivity index (χ1n) is 6.74. The number of aryl methyl sites for hydroxylation is 1. The number of carbonyl (C=O) groups excluding carboxylic acids is 1. The predicted octanol–water partition coefficient (Wildman–Crippen LogP) is 4.62. The molecule has 0 spiro atoms. The molecule has 0 radical (unpaired) electrons. The van der Waals surface area contributed by atoms with E-state index in [-0.39, 0.29) is 11.5 Å². The van der Waals surface area contributed by atoms with Crippen molar-refractivity contribution in [2.45, 2.75) is 20.8 Å². The lowest BCUT2D eigenvalue weighted by Crippen LogP contribution is -1.94. The molecular weight excluding hydrogens is 248 g/mol. The smallest absolute Gasteiger partial charge is 0.189 e. The highest BCUT2D eigenvalue weighted by Crippen LogP contribution is 2.17. The summed E-state index contributed by atoms with van der Waals surface area (Å²) in [5.74, 6) is -0.190. The number of rotatable bonds is 3. The number of aromatic hydroxyl groups is 1. The number of para-hydroxylation sites is 1. The molecular formula is C18H20O2. The van der Waals surface area contributed by atoms with Gasteiger partial charge in [0.2, 0.25) is 0 Å². The van der Waals surface area contributed by atoms with Crippen molar-refractivity contribution >= 4 is 11.9 Å². The number of benzene rings is 2. The Labute approximate surface area is 120 Å². The molecule has 0 aliphatic rings. The molecule has 20 heavy (non-hydrogen) atoms. The van der Waals surface area contributed by atoms with E-state index in [9.17, 15) is 9.90 Å². The standard InChI is InChI=1S/C16H14O2.C2H6/c1-12-6-8-13(9-7-12)10-11-16(18)14-4-2-3-5-15(14)17;1-2/h2-11,17H,1H3;1-2H3/b11-10+;. The second kappa shape index (κ2) is 7.95. The molecule has 0 amide bonds. The molecule has 0 aliphatic heterocycles. The van der Waals surface area contributed by atoms with Gasteiger partial charge in [0.05, 0.1) is 5.56 Å². The summed E-state index contributed by atoms with van der Waals surface area (Å²) in [4.78, 5) is 11.9. The van der Waals surface area contributed by atoms with Gasteiger partial charge in [-0.15, -0.1) is 0 Å². The van der Waals surface area contributed by atoms with Crippen molar-refractivity contribution in [1.29, 1.82) is 0 Å². The lowest BCUT2D eigenvalue weighted by atomic mass is 10.1. The second-order valence-electron chi connectivity index (χ2n) is 4.13. The van der Waals surface area contributed by atoms with Crippen molar-refractivity contribution in [3.63, 3.8) is 0 Å². The van der Waals surface area contributed by atoms with Gasteiger partial charge in [0.1, 0.15) is 5.75 Å². The van der Waals surface area contributed by atoms with Gasteiger partial charge in [0.15, 0.2) is 5.78 Å². The van der Waals surface area contributed by atoms with Gasteiger partial charge in [-0.2, -0.15) is 0 Å². The molecule has 2 nitrogen and oxygen atoms in total. The molecule has 2 aromatic rings. The summed E-state index contributed by atoms with van der Waals surface area (Å²) >= 11 is 0. The van der Waals surface area contributed by atoms with Gasteiger partial charge in [-0.1, -0.05) is 61.9 Å². The van der Waals surface area contributed by atoms with Gasteiger partial charge in [0.25, 0.3) is 0 Å². The van der Waals surface area contributed by atoms with Crippen molar-refractivity contribution in [1.82, 2.24) is 0 Å². The molecule has 1 N–H and O–H groups in total. The van der Waals surface area contributed by atoms with Gasteiger partial charge in [0, 0.05) is 0 Å². The summed E-state index contributed by atoms with van der Waals surface area (Å²) in [7, 11) is 0. The quantitative estimate of drug-likeness (QED) is 0.651. The van der Waals surface area contributed by atoms with E-state index in [4.69, 9.17) is 0 Å². The summed E-state index contributed by atoms with van der Waals surface area (Å²) in [5, 5.41) is 9.56. The Morgan fingerprint density at radius 2 is 1.60 bits per heavy atom. The zero-order chi connectivity index (χ0) is 15.0. The molecule has 2 heteroatoms. The Kier molecular flexibility index (Phi) is 6.24. The van der Waals surface area contributed by atoms with Gasteiger partial charge in [-0.3, -0.25) is 4.79 Å². The molecule has 0 saturated carbocycles. The van der Waals surface area contributed by atoms with Crippen LogP contribution in [0, 0.1) is 6.92 Å². The van der Waals surface area contributed by atoms with Crippen LogP contribution in [0.4, 0.5) is 0 Å². The van der Waals surface area contributed by atoms with Crippen LogP contribution in [0.3, 0.4) is 0 Å². The highest BCUT2D eigenvalue weighted by Gasteiger charge is 2.06. The molecule has 0 atom stereocenters. The maximum absolute atomic E-state index is 11.9. The number of carbonyl (C=O) groups is 1. The van der Waals surface area contributed by atoms with Gasteiger partial charge < -0.3 is 5.11 Å². The number of hydrogen-bond donors (Lipinski definition) is 1. The molecule has 0 aliphatic carbocycles. The minimum atomic E-state index is -0.200. The largest absolute Gasteiger partial charge is 0.507 e. The highest BCUT2D eigenvalue weighted by atomic mass is 16.3. The van der Waals surface area contributed by atoms with Crippen molar-refractivity contribution in [3.8, 4) is 5.75 Å². The van der Waals surface area contributed by atoms with Crippen LogP contribution < -0.4 is 0 Å². The molecule has 0 heterocycles. The number of phenols is 1. The van der Waals surface area contributed by atoms with Crippen molar-refractivity contribution in [2.24, 2.45) is 0 Å². The molecule has 2 aromatic carbocycles. The summed E-state index contributed by atoms with van der Waals surface area (Å²) in [6.07, 6.45) is 3.22. The van der Waals surface area contributed by atoms with Gasteiger partial charge in [-0.25, -0.2) is 0 Å². The third-order valence-electron chi connectivity index (χ3n) is 2.67. The van der Waals surface area contributed by atoms with E-state index in [0.29, 0.717) is 5.56 Å². The first-order valence-corrected chi connectivity index (χ1v) is 6.74. The number of ketones is 1. The molecule has 0 fully saturated rings. The monoisotopic (exact) mass is 268 g/mol. The lowest BCUT2D eigenvalue weighted by Gasteiger charge is -1.99. The topological polar surface area (TPSA) is 37.3 Å². The van der Waals surface area contributed by atoms with E-state index in [0.717, 1.165) is 5.56 Å². The maximum Gasteiger partial charge on any atom is 0.189 e. The van der Waals surface area contributed by atoms with Crippen LogP contribution in [0.1, 0.15) is 35.3 Å². The highest BCUT2D eigenvalue weighted by molar-refractivity contribution is 6.08. The number of hydrogen-bond acceptors (Lipinski definition) is 2. The third kappa shape index (κ3) is 4.39. The fraction of sp³-hybridized carbons (Fsp3) is 0.167. The zero-order valence-corrected chi connectivity index (χ0v) is 12.1. The van der Waals surface area contributed by atoms with E-state index in [1.807, 2.05) is 45.0 Å². The minimum Gasteiger partial charge on any atom is -0.507 e. The van der Waals surface area contributed by atoms with Gasteiger partial charge in [-0.05, 0) is 30.7 Å². The van der Waals surface area contributed by atoms with Crippen LogP contribution in [0.2, 0.25) is 0 Å². The summed E-state index contributed by atoms with van der Waals surface area (Å²) < 4.78 is 0.